The fourth-order valence-corrected chi connectivity index (χ4v) is 1.65. The van der Waals surface area contributed by atoms with E-state index in [9.17, 15) is 9.59 Å². The number of benzene rings is 1. The number of hydrogen-bond donors (Lipinski definition) is 2. The van der Waals surface area contributed by atoms with Crippen molar-refractivity contribution in [3.05, 3.63) is 41.1 Å². The zero-order valence-electron chi connectivity index (χ0n) is 11.3. The van der Waals surface area contributed by atoms with Crippen LogP contribution in [0.2, 0.25) is 0 Å². The van der Waals surface area contributed by atoms with Gasteiger partial charge in [0.1, 0.15) is 0 Å². The average Bonchev–Trinajstić information content (AvgIpc) is 3.23. The third-order valence-electron chi connectivity index (χ3n) is 2.60. The molecule has 0 heterocycles. The molecule has 2 rings (SSSR count). The number of carbonyl (C=O) groups excluding carboxylic acids is 2. The van der Waals surface area contributed by atoms with Gasteiger partial charge < -0.3 is 10.5 Å². The third-order valence-corrected chi connectivity index (χ3v) is 2.60. The smallest absolute Gasteiger partial charge is 0.274 e. The Kier molecular flexibility index (Phi) is 9.37. The number of nitrogens with one attached hydrogen (secondary N) is 2. The van der Waals surface area contributed by atoms with E-state index in [2.05, 4.69) is 4.74 Å². The van der Waals surface area contributed by atoms with E-state index in [1.54, 1.807) is 24.5 Å². The van der Waals surface area contributed by atoms with Crippen molar-refractivity contribution < 1.29 is 52.2 Å². The molecule has 1 fully saturated rings. The second-order valence-electron chi connectivity index (χ2n) is 4.02. The van der Waals surface area contributed by atoms with Crippen molar-refractivity contribution >= 4 is 12.0 Å². The Balaban J connectivity index is 0.000000448. The molecule has 3 N–H and O–H groups in total. The molecule has 1 saturated carbocycles. The maximum atomic E-state index is 11.2. The SMILES string of the molecule is CCOC([NH-])=O.O=C(NO)c1ccccc1C1CC1.[Y]. The molecule has 20 heavy (non-hydrogen) atoms. The van der Waals surface area contributed by atoms with Crippen molar-refractivity contribution in [1.29, 1.82) is 0 Å². The largest absolute Gasteiger partial charge is 0.632 e. The van der Waals surface area contributed by atoms with E-state index >= 15 is 0 Å². The predicted molar refractivity (Wildman–Crippen MR) is 69.0 cm³/mol. The van der Waals surface area contributed by atoms with Crippen molar-refractivity contribution in [1.82, 2.24) is 5.48 Å². The van der Waals surface area contributed by atoms with Crippen LogP contribution in [0.15, 0.2) is 24.3 Å². The van der Waals surface area contributed by atoms with E-state index in [-0.39, 0.29) is 32.7 Å². The Morgan fingerprint density at radius 2 is 2.00 bits per heavy atom. The van der Waals surface area contributed by atoms with Crippen LogP contribution in [-0.4, -0.2) is 23.8 Å². The first kappa shape index (κ1) is 19.0. The summed E-state index contributed by atoms with van der Waals surface area (Å²) >= 11 is 0. The number of amides is 2. The number of hydroxylamine groups is 1. The first-order chi connectivity index (χ1) is 9.10. The second kappa shape index (κ2) is 9.85. The zero-order valence-corrected chi connectivity index (χ0v) is 14.1. The van der Waals surface area contributed by atoms with Gasteiger partial charge >= 0.3 is 0 Å². The summed E-state index contributed by atoms with van der Waals surface area (Å²) in [4.78, 5) is 20.7. The molecule has 6 nitrogen and oxygen atoms in total. The van der Waals surface area contributed by atoms with E-state index < -0.39 is 12.0 Å². The summed E-state index contributed by atoms with van der Waals surface area (Å²) in [6.45, 7) is 1.95. The fraction of sp³-hybridized carbons (Fsp3) is 0.385. The van der Waals surface area contributed by atoms with Crippen LogP contribution < -0.4 is 5.48 Å². The van der Waals surface area contributed by atoms with Crippen LogP contribution in [0.25, 0.3) is 5.73 Å². The van der Waals surface area contributed by atoms with Crippen molar-refractivity contribution in [3.8, 4) is 0 Å². The van der Waals surface area contributed by atoms with Crippen LogP contribution in [0.5, 0.6) is 0 Å². The zero-order chi connectivity index (χ0) is 14.3. The standard InChI is InChI=1S/C10H11NO2.C3H7NO2.Y/c12-10(11-13)9-4-2-1-3-8(9)7-5-6-7;1-2-6-3(4)5;/h1-4,7,13H,5-6H2,(H,11,12);2H2,1H3,(H2,4,5);/p-1. The topological polar surface area (TPSA) is 99.4 Å². The first-order valence-electron chi connectivity index (χ1n) is 6.01. The molecule has 1 aromatic carbocycles. The van der Waals surface area contributed by atoms with E-state index in [4.69, 9.17) is 10.9 Å². The van der Waals surface area contributed by atoms with Gasteiger partial charge in [-0.05, 0) is 37.3 Å². The van der Waals surface area contributed by atoms with Gasteiger partial charge in [0.25, 0.3) is 5.91 Å². The Hall–Kier alpha value is -0.976. The predicted octanol–water partition coefficient (Wildman–Crippen LogP) is 2.88. The van der Waals surface area contributed by atoms with Crippen LogP contribution in [0.1, 0.15) is 41.6 Å². The Labute approximate surface area is 142 Å². The van der Waals surface area contributed by atoms with Crippen molar-refractivity contribution in [2.24, 2.45) is 0 Å². The monoisotopic (exact) mass is 354 g/mol. The molecular formula is C13H17N2O4Y-. The maximum Gasteiger partial charge on any atom is 0.274 e. The number of ether oxygens (including phenoxy) is 1. The van der Waals surface area contributed by atoms with Crippen LogP contribution in [0.3, 0.4) is 0 Å². The van der Waals surface area contributed by atoms with Crippen LogP contribution >= 0.6 is 0 Å². The van der Waals surface area contributed by atoms with Crippen LogP contribution in [0, 0.1) is 0 Å². The minimum Gasteiger partial charge on any atom is -0.632 e. The first-order valence-corrected chi connectivity index (χ1v) is 6.01. The molecule has 1 aromatic rings. The maximum absolute atomic E-state index is 11.2. The fourth-order valence-electron chi connectivity index (χ4n) is 1.65. The van der Waals surface area contributed by atoms with Gasteiger partial charge in [0, 0.05) is 38.3 Å². The Morgan fingerprint density at radius 3 is 2.40 bits per heavy atom. The van der Waals surface area contributed by atoms with E-state index in [0.29, 0.717) is 18.1 Å². The van der Waals surface area contributed by atoms with Gasteiger partial charge in [-0.3, -0.25) is 14.8 Å². The minimum absolute atomic E-state index is 0. The third kappa shape index (κ3) is 6.45. The summed E-state index contributed by atoms with van der Waals surface area (Å²) in [6.07, 6.45) is 1.34. The molecule has 0 aliphatic heterocycles. The Morgan fingerprint density at radius 1 is 1.40 bits per heavy atom. The summed E-state index contributed by atoms with van der Waals surface area (Å²) in [6, 6.07) is 7.40. The summed E-state index contributed by atoms with van der Waals surface area (Å²) in [7, 11) is 0. The molecule has 107 valence electrons. The van der Waals surface area contributed by atoms with Gasteiger partial charge in [-0.15, -0.1) is 0 Å². The Bertz CT molecular complexity index is 450. The molecule has 1 aliphatic carbocycles. The van der Waals surface area contributed by atoms with Gasteiger partial charge in [-0.2, -0.15) is 0 Å². The molecule has 1 radical (unpaired) electrons. The number of hydrogen-bond acceptors (Lipinski definition) is 4. The average molecular weight is 354 g/mol. The number of rotatable bonds is 3. The van der Waals surface area contributed by atoms with Crippen molar-refractivity contribution in [2.75, 3.05) is 6.61 Å². The molecule has 2 amide bonds. The number of carbonyl (C=O) groups is 2. The normalized spacial score (nSPS) is 12.3. The summed E-state index contributed by atoms with van der Waals surface area (Å²) in [5, 5.41) is 8.52. The molecule has 0 atom stereocenters. The quantitative estimate of drug-likeness (QED) is 0.644. The minimum atomic E-state index is -0.961. The molecular weight excluding hydrogens is 337 g/mol. The molecule has 0 aromatic heterocycles. The van der Waals surface area contributed by atoms with Gasteiger partial charge in [0.15, 0.2) is 0 Å². The van der Waals surface area contributed by atoms with Crippen LogP contribution in [-0.2, 0) is 37.4 Å². The van der Waals surface area contributed by atoms with Gasteiger partial charge in [-0.25, -0.2) is 5.48 Å². The summed E-state index contributed by atoms with van der Waals surface area (Å²) < 4.78 is 4.07. The summed E-state index contributed by atoms with van der Waals surface area (Å²) in [5.41, 5.74) is 9.42. The van der Waals surface area contributed by atoms with Gasteiger partial charge in [0.05, 0.1) is 6.61 Å². The molecule has 0 unspecified atom stereocenters. The van der Waals surface area contributed by atoms with Crippen LogP contribution in [0.4, 0.5) is 4.79 Å². The van der Waals surface area contributed by atoms with Crippen molar-refractivity contribution in [3.63, 3.8) is 0 Å². The van der Waals surface area contributed by atoms with E-state index in [1.807, 2.05) is 12.1 Å². The molecule has 0 saturated heterocycles. The molecule has 0 spiro atoms. The second-order valence-corrected chi connectivity index (χ2v) is 4.02. The molecule has 7 heteroatoms. The van der Waals surface area contributed by atoms with Crippen molar-refractivity contribution in [2.45, 2.75) is 25.7 Å². The van der Waals surface area contributed by atoms with Gasteiger partial charge in [-0.1, -0.05) is 18.2 Å². The summed E-state index contributed by atoms with van der Waals surface area (Å²) in [5.74, 6) is 0.107. The molecule has 1 aliphatic rings. The van der Waals surface area contributed by atoms with E-state index in [1.165, 1.54) is 0 Å². The van der Waals surface area contributed by atoms with E-state index in [0.717, 1.165) is 18.4 Å². The molecule has 0 bridgehead atoms. The van der Waals surface area contributed by atoms with Gasteiger partial charge in [0.2, 0.25) is 6.09 Å².